The summed E-state index contributed by atoms with van der Waals surface area (Å²) < 4.78 is 9.83. The highest BCUT2D eigenvalue weighted by molar-refractivity contribution is 5.88. The van der Waals surface area contributed by atoms with E-state index in [1.54, 1.807) is 10.9 Å². The first kappa shape index (κ1) is 17.3. The van der Waals surface area contributed by atoms with Crippen LogP contribution in [0.25, 0.3) is 16.7 Å². The lowest BCUT2D eigenvalue weighted by atomic mass is 10.1. The number of imidazole rings is 1. The minimum absolute atomic E-state index is 0.0272. The van der Waals surface area contributed by atoms with Crippen LogP contribution in [-0.4, -0.2) is 35.9 Å². The van der Waals surface area contributed by atoms with Gasteiger partial charge in [-0.15, -0.1) is 0 Å². The predicted octanol–water partition coefficient (Wildman–Crippen LogP) is 3.33. The van der Waals surface area contributed by atoms with E-state index in [1.165, 1.54) is 12.4 Å². The summed E-state index contributed by atoms with van der Waals surface area (Å²) in [5.74, 6) is 0.412. The molecule has 4 heterocycles. The van der Waals surface area contributed by atoms with Gasteiger partial charge in [-0.1, -0.05) is 0 Å². The second kappa shape index (κ2) is 7.33. The Kier molecular flexibility index (Phi) is 4.38. The molecule has 4 aromatic rings. The fourth-order valence-corrected chi connectivity index (χ4v) is 3.53. The topological polar surface area (TPSA) is 106 Å². The van der Waals surface area contributed by atoms with E-state index in [1.807, 2.05) is 36.8 Å². The Hall–Kier alpha value is -3.77. The molecule has 144 valence electrons. The molecule has 1 fully saturated rings. The van der Waals surface area contributed by atoms with Crippen molar-refractivity contribution in [2.24, 2.45) is 0 Å². The molecule has 0 spiro atoms. The van der Waals surface area contributed by atoms with Crippen molar-refractivity contribution in [2.75, 3.05) is 11.9 Å². The van der Waals surface area contributed by atoms with E-state index < -0.39 is 0 Å². The third-order valence-corrected chi connectivity index (χ3v) is 4.91. The minimum Gasteiger partial charge on any atom is -0.358 e. The fraction of sp³-hybridized carbons (Fsp3) is 0.250. The van der Waals surface area contributed by atoms with Crippen LogP contribution in [-0.2, 0) is 4.74 Å². The van der Waals surface area contributed by atoms with E-state index in [-0.39, 0.29) is 6.23 Å². The van der Waals surface area contributed by atoms with Crippen molar-refractivity contribution in [2.45, 2.75) is 25.5 Å². The van der Waals surface area contributed by atoms with Crippen LogP contribution in [0.4, 0.5) is 11.6 Å². The standard InChI is InChI=1S/C20H18N8O/c21-10-14-11-22-20(23-12-14)26-15-8-16-19(17(9-15)28-6-3-5-25-28)24-13-27(16)18-4-1-2-7-29-18/h3,5-6,8-9,11-13,18H,1-2,4,7H2,(H,22,23,26). The number of aromatic nitrogens is 6. The molecule has 1 saturated heterocycles. The van der Waals surface area contributed by atoms with Crippen LogP contribution >= 0.6 is 0 Å². The highest BCUT2D eigenvalue weighted by Crippen LogP contribution is 2.31. The molecule has 1 unspecified atom stereocenters. The molecular formula is C20H18N8O. The highest BCUT2D eigenvalue weighted by atomic mass is 16.5. The Bertz CT molecular complexity index is 1170. The lowest BCUT2D eigenvalue weighted by Crippen LogP contribution is -2.17. The molecule has 5 rings (SSSR count). The molecule has 9 nitrogen and oxygen atoms in total. The van der Waals surface area contributed by atoms with Gasteiger partial charge in [0.05, 0.1) is 35.5 Å². The zero-order chi connectivity index (χ0) is 19.6. The van der Waals surface area contributed by atoms with Crippen LogP contribution in [0.15, 0.2) is 49.3 Å². The number of nitriles is 1. The number of nitrogens with zero attached hydrogens (tertiary/aromatic N) is 7. The number of nitrogens with one attached hydrogen (secondary N) is 1. The molecular weight excluding hydrogens is 368 g/mol. The Morgan fingerprint density at radius 2 is 2.07 bits per heavy atom. The second-order valence-corrected chi connectivity index (χ2v) is 6.82. The Labute approximate surface area is 166 Å². The molecule has 1 aromatic carbocycles. The number of hydrogen-bond acceptors (Lipinski definition) is 7. The molecule has 0 aliphatic carbocycles. The van der Waals surface area contributed by atoms with Crippen molar-refractivity contribution in [1.82, 2.24) is 29.3 Å². The van der Waals surface area contributed by atoms with Gasteiger partial charge >= 0.3 is 0 Å². The molecule has 1 aliphatic rings. The van der Waals surface area contributed by atoms with E-state index in [9.17, 15) is 0 Å². The van der Waals surface area contributed by atoms with E-state index in [0.29, 0.717) is 11.5 Å². The van der Waals surface area contributed by atoms with Crippen molar-refractivity contribution in [1.29, 1.82) is 5.26 Å². The lowest BCUT2D eigenvalue weighted by Gasteiger charge is -2.24. The maximum absolute atomic E-state index is 8.93. The van der Waals surface area contributed by atoms with E-state index in [2.05, 4.69) is 29.9 Å². The number of fused-ring (bicyclic) bond motifs is 1. The van der Waals surface area contributed by atoms with E-state index in [0.717, 1.165) is 48.3 Å². The van der Waals surface area contributed by atoms with Gasteiger partial charge in [0.1, 0.15) is 17.8 Å². The fourth-order valence-electron chi connectivity index (χ4n) is 3.53. The van der Waals surface area contributed by atoms with Crippen molar-refractivity contribution in [3.63, 3.8) is 0 Å². The van der Waals surface area contributed by atoms with Crippen LogP contribution in [0.5, 0.6) is 0 Å². The molecule has 3 aromatic heterocycles. The average Bonchev–Trinajstić information content (AvgIpc) is 3.45. The van der Waals surface area contributed by atoms with Crippen LogP contribution in [0, 0.1) is 11.3 Å². The van der Waals surface area contributed by atoms with E-state index in [4.69, 9.17) is 10.00 Å². The minimum atomic E-state index is -0.0272. The van der Waals surface area contributed by atoms with Gasteiger partial charge in [-0.3, -0.25) is 0 Å². The highest BCUT2D eigenvalue weighted by Gasteiger charge is 2.20. The van der Waals surface area contributed by atoms with Gasteiger partial charge in [0.2, 0.25) is 5.95 Å². The Balaban J connectivity index is 1.60. The summed E-state index contributed by atoms with van der Waals surface area (Å²) in [6.07, 6.45) is 11.6. The third-order valence-electron chi connectivity index (χ3n) is 4.91. The molecule has 1 atom stereocenters. The molecule has 0 radical (unpaired) electrons. The maximum atomic E-state index is 8.93. The molecule has 1 N–H and O–H groups in total. The van der Waals surface area contributed by atoms with Crippen LogP contribution in [0.2, 0.25) is 0 Å². The Morgan fingerprint density at radius 3 is 2.79 bits per heavy atom. The lowest BCUT2D eigenvalue weighted by molar-refractivity contribution is -0.0295. The van der Waals surface area contributed by atoms with Gasteiger partial charge in [0, 0.05) is 24.7 Å². The number of hydrogen-bond donors (Lipinski definition) is 1. The molecule has 1 aliphatic heterocycles. The van der Waals surface area contributed by atoms with Gasteiger partial charge < -0.3 is 14.6 Å². The Morgan fingerprint density at radius 1 is 1.17 bits per heavy atom. The largest absolute Gasteiger partial charge is 0.358 e. The molecule has 0 bridgehead atoms. The summed E-state index contributed by atoms with van der Waals surface area (Å²) >= 11 is 0. The first-order valence-electron chi connectivity index (χ1n) is 9.43. The first-order valence-corrected chi connectivity index (χ1v) is 9.43. The summed E-state index contributed by atoms with van der Waals surface area (Å²) in [4.78, 5) is 13.1. The van der Waals surface area contributed by atoms with Crippen LogP contribution in [0.1, 0.15) is 31.1 Å². The van der Waals surface area contributed by atoms with Gasteiger partial charge in [-0.05, 0) is 37.5 Å². The zero-order valence-corrected chi connectivity index (χ0v) is 15.6. The summed E-state index contributed by atoms with van der Waals surface area (Å²) in [6.45, 7) is 0.757. The maximum Gasteiger partial charge on any atom is 0.227 e. The summed E-state index contributed by atoms with van der Waals surface area (Å²) in [6, 6.07) is 7.86. The van der Waals surface area contributed by atoms with Gasteiger partial charge in [0.25, 0.3) is 0 Å². The van der Waals surface area contributed by atoms with Crippen LogP contribution in [0.3, 0.4) is 0 Å². The smallest absolute Gasteiger partial charge is 0.227 e. The number of ether oxygens (including phenoxy) is 1. The summed E-state index contributed by atoms with van der Waals surface area (Å²) in [5, 5.41) is 16.5. The van der Waals surface area contributed by atoms with Gasteiger partial charge in [-0.25, -0.2) is 19.6 Å². The zero-order valence-electron chi connectivity index (χ0n) is 15.6. The number of benzene rings is 1. The molecule has 0 amide bonds. The summed E-state index contributed by atoms with van der Waals surface area (Å²) in [7, 11) is 0. The number of anilines is 2. The SMILES string of the molecule is N#Cc1cnc(Nc2cc(-n3cccn3)c3ncn(C4CCCCO4)c3c2)nc1. The van der Waals surface area contributed by atoms with Crippen molar-refractivity contribution >= 4 is 22.7 Å². The van der Waals surface area contributed by atoms with E-state index >= 15 is 0 Å². The van der Waals surface area contributed by atoms with Gasteiger partial charge in [-0.2, -0.15) is 10.4 Å². The van der Waals surface area contributed by atoms with Gasteiger partial charge in [0.15, 0.2) is 0 Å². The quantitative estimate of drug-likeness (QED) is 0.573. The van der Waals surface area contributed by atoms with Crippen molar-refractivity contribution in [3.05, 3.63) is 54.9 Å². The van der Waals surface area contributed by atoms with Crippen molar-refractivity contribution < 1.29 is 4.74 Å². The third kappa shape index (κ3) is 3.30. The summed E-state index contributed by atoms with van der Waals surface area (Å²) in [5.41, 5.74) is 3.84. The first-order chi connectivity index (χ1) is 14.3. The van der Waals surface area contributed by atoms with Crippen LogP contribution < -0.4 is 5.32 Å². The second-order valence-electron chi connectivity index (χ2n) is 6.82. The predicted molar refractivity (Wildman–Crippen MR) is 106 cm³/mol. The molecule has 0 saturated carbocycles. The van der Waals surface area contributed by atoms with Crippen molar-refractivity contribution in [3.8, 4) is 11.8 Å². The number of rotatable bonds is 4. The average molecular weight is 386 g/mol. The molecule has 9 heteroatoms. The monoisotopic (exact) mass is 386 g/mol. The molecule has 29 heavy (non-hydrogen) atoms. The normalized spacial score (nSPS) is 16.6.